The second kappa shape index (κ2) is 11.3. The summed E-state index contributed by atoms with van der Waals surface area (Å²) in [5.41, 5.74) is 0. The van der Waals surface area contributed by atoms with Crippen LogP contribution in [0.2, 0.25) is 0 Å². The van der Waals surface area contributed by atoms with Crippen LogP contribution in [-0.2, 0) is 9.59 Å². The van der Waals surface area contributed by atoms with Crippen molar-refractivity contribution < 1.29 is 14.7 Å². The number of aliphatic hydroxyl groups is 1. The first-order valence-corrected chi connectivity index (χ1v) is 7.83. The van der Waals surface area contributed by atoms with Crippen molar-refractivity contribution >= 4 is 23.5 Å². The molecule has 0 heterocycles. The highest BCUT2D eigenvalue weighted by atomic mass is 32.2. The highest BCUT2D eigenvalue weighted by Gasteiger charge is 2.10. The lowest BCUT2D eigenvalue weighted by atomic mass is 10.1. The van der Waals surface area contributed by atoms with E-state index in [1.807, 2.05) is 0 Å². The Morgan fingerprint density at radius 2 is 2.00 bits per heavy atom. The van der Waals surface area contributed by atoms with Crippen molar-refractivity contribution in [2.75, 3.05) is 25.1 Å². The molecule has 6 heteroatoms. The van der Waals surface area contributed by atoms with E-state index in [4.69, 9.17) is 5.11 Å². The topological polar surface area (TPSA) is 78.4 Å². The fraction of sp³-hybridized carbons (Fsp3) is 0.846. The van der Waals surface area contributed by atoms with E-state index in [1.54, 1.807) is 20.9 Å². The van der Waals surface area contributed by atoms with E-state index >= 15 is 0 Å². The summed E-state index contributed by atoms with van der Waals surface area (Å²) in [6.07, 6.45) is 2.21. The Kier molecular flexibility index (Phi) is 10.9. The zero-order valence-electron chi connectivity index (χ0n) is 12.1. The molecule has 0 fully saturated rings. The number of likely N-dealkylation sites (N-methyl/N-ethyl adjacent to an activating group) is 1. The molecule has 0 aromatic heterocycles. The molecule has 2 atom stereocenters. The second-order valence-corrected chi connectivity index (χ2v) is 5.69. The zero-order valence-corrected chi connectivity index (χ0v) is 12.9. The molecule has 0 aromatic carbocycles. The molecule has 1 amide bonds. The summed E-state index contributed by atoms with van der Waals surface area (Å²) in [4.78, 5) is 22.6. The van der Waals surface area contributed by atoms with E-state index in [-0.39, 0.29) is 23.8 Å². The van der Waals surface area contributed by atoms with Crippen LogP contribution in [0.1, 0.15) is 33.1 Å². The maximum Gasteiger partial charge on any atom is 0.229 e. The molecule has 0 aliphatic carbocycles. The molecule has 3 N–H and O–H groups in total. The molecular weight excluding hydrogens is 264 g/mol. The Hall–Kier alpha value is -0.590. The number of carbonyl (C=O) groups is 2. The molecule has 0 aromatic rings. The highest BCUT2D eigenvalue weighted by molar-refractivity contribution is 7.99. The molecule has 112 valence electrons. The van der Waals surface area contributed by atoms with Gasteiger partial charge >= 0.3 is 0 Å². The molecule has 0 radical (unpaired) electrons. The number of ketones is 1. The van der Waals surface area contributed by atoms with Gasteiger partial charge in [0.05, 0.1) is 17.9 Å². The van der Waals surface area contributed by atoms with Gasteiger partial charge in [0.2, 0.25) is 5.91 Å². The Balaban J connectivity index is 3.48. The summed E-state index contributed by atoms with van der Waals surface area (Å²) in [6.45, 7) is 3.93. The van der Waals surface area contributed by atoms with Gasteiger partial charge in [0, 0.05) is 12.3 Å². The smallest absolute Gasteiger partial charge is 0.229 e. The normalized spacial score (nSPS) is 13.9. The molecule has 0 spiro atoms. The largest absolute Gasteiger partial charge is 0.393 e. The minimum atomic E-state index is -0.372. The standard InChI is InChI=1S/C13H26N2O3S/c1-10(16)8-19-9-13(18)15-7-5-4-6-12(14-3)11(2)17/h10,12,14,16H,4-9H2,1-3H3,(H,15,18)/t10?,12-/m0/s1. The molecule has 0 saturated carbocycles. The maximum atomic E-state index is 11.4. The lowest BCUT2D eigenvalue weighted by Gasteiger charge is -2.12. The number of hydrogen-bond acceptors (Lipinski definition) is 5. The van der Waals surface area contributed by atoms with Crippen LogP contribution in [0.25, 0.3) is 0 Å². The minimum Gasteiger partial charge on any atom is -0.393 e. The monoisotopic (exact) mass is 290 g/mol. The number of amides is 1. The van der Waals surface area contributed by atoms with Crippen molar-refractivity contribution in [3.8, 4) is 0 Å². The first kappa shape index (κ1) is 18.4. The van der Waals surface area contributed by atoms with Gasteiger partial charge in [-0.3, -0.25) is 9.59 Å². The number of aliphatic hydroxyl groups excluding tert-OH is 1. The van der Waals surface area contributed by atoms with Crippen molar-refractivity contribution in [1.29, 1.82) is 0 Å². The molecule has 0 aliphatic heterocycles. The first-order valence-electron chi connectivity index (χ1n) is 6.67. The van der Waals surface area contributed by atoms with E-state index in [0.29, 0.717) is 18.1 Å². The average Bonchev–Trinajstić information content (AvgIpc) is 2.32. The van der Waals surface area contributed by atoms with E-state index in [9.17, 15) is 9.59 Å². The summed E-state index contributed by atoms with van der Waals surface area (Å²) in [7, 11) is 1.78. The van der Waals surface area contributed by atoms with E-state index in [1.165, 1.54) is 11.8 Å². The third-order valence-electron chi connectivity index (χ3n) is 2.67. The number of Topliss-reactive ketones (excluding diaryl/α,β-unsaturated/α-hetero) is 1. The van der Waals surface area contributed by atoms with E-state index < -0.39 is 0 Å². The van der Waals surface area contributed by atoms with Crippen LogP contribution in [0.5, 0.6) is 0 Å². The van der Waals surface area contributed by atoms with Crippen LogP contribution in [0.4, 0.5) is 0 Å². The number of hydrogen-bond donors (Lipinski definition) is 3. The number of thioether (sulfide) groups is 1. The van der Waals surface area contributed by atoms with Gasteiger partial charge in [0.1, 0.15) is 5.78 Å². The second-order valence-electron chi connectivity index (χ2n) is 4.66. The molecule has 0 aliphatic rings. The summed E-state index contributed by atoms with van der Waals surface area (Å²) in [6, 6.07) is -0.0719. The van der Waals surface area contributed by atoms with Crippen molar-refractivity contribution in [2.45, 2.75) is 45.3 Å². The predicted molar refractivity (Wildman–Crippen MR) is 79.4 cm³/mol. The van der Waals surface area contributed by atoms with Crippen molar-refractivity contribution in [3.63, 3.8) is 0 Å². The summed E-state index contributed by atoms with van der Waals surface area (Å²) < 4.78 is 0. The van der Waals surface area contributed by atoms with Gasteiger partial charge in [0.15, 0.2) is 0 Å². The van der Waals surface area contributed by atoms with Gasteiger partial charge in [-0.25, -0.2) is 0 Å². The number of unbranched alkanes of at least 4 members (excludes halogenated alkanes) is 1. The molecular formula is C13H26N2O3S. The van der Waals surface area contributed by atoms with Crippen molar-refractivity contribution in [1.82, 2.24) is 10.6 Å². The van der Waals surface area contributed by atoms with Crippen LogP contribution in [0.15, 0.2) is 0 Å². The van der Waals surface area contributed by atoms with Crippen LogP contribution in [-0.4, -0.2) is 54.0 Å². The Morgan fingerprint density at radius 1 is 1.32 bits per heavy atom. The lowest BCUT2D eigenvalue weighted by molar-refractivity contribution is -0.119. The van der Waals surface area contributed by atoms with Crippen LogP contribution in [0.3, 0.4) is 0 Å². The third kappa shape index (κ3) is 11.0. The van der Waals surface area contributed by atoms with E-state index in [0.717, 1.165) is 19.3 Å². The quantitative estimate of drug-likeness (QED) is 0.485. The lowest BCUT2D eigenvalue weighted by Crippen LogP contribution is -2.32. The summed E-state index contributed by atoms with van der Waals surface area (Å²) in [5, 5.41) is 14.9. The predicted octanol–water partition coefficient (Wildman–Crippen LogP) is 0.564. The summed E-state index contributed by atoms with van der Waals surface area (Å²) >= 11 is 1.43. The van der Waals surface area contributed by atoms with Gasteiger partial charge in [-0.2, -0.15) is 0 Å². The first-order chi connectivity index (χ1) is 8.97. The Morgan fingerprint density at radius 3 is 2.53 bits per heavy atom. The van der Waals surface area contributed by atoms with Crippen molar-refractivity contribution in [2.24, 2.45) is 0 Å². The zero-order chi connectivity index (χ0) is 14.7. The molecule has 0 bridgehead atoms. The van der Waals surface area contributed by atoms with Crippen LogP contribution < -0.4 is 10.6 Å². The van der Waals surface area contributed by atoms with Gasteiger partial charge in [-0.1, -0.05) is 0 Å². The van der Waals surface area contributed by atoms with Crippen LogP contribution in [0, 0.1) is 0 Å². The van der Waals surface area contributed by atoms with Crippen molar-refractivity contribution in [3.05, 3.63) is 0 Å². The molecule has 0 saturated heterocycles. The maximum absolute atomic E-state index is 11.4. The molecule has 1 unspecified atom stereocenters. The Bertz CT molecular complexity index is 273. The third-order valence-corrected chi connectivity index (χ3v) is 3.86. The minimum absolute atomic E-state index is 0.00221. The molecule has 5 nitrogen and oxygen atoms in total. The fourth-order valence-corrected chi connectivity index (χ4v) is 2.37. The molecule has 0 rings (SSSR count). The van der Waals surface area contributed by atoms with Gasteiger partial charge in [0.25, 0.3) is 0 Å². The van der Waals surface area contributed by atoms with E-state index in [2.05, 4.69) is 10.6 Å². The fourth-order valence-electron chi connectivity index (χ4n) is 1.63. The Labute approximate surface area is 119 Å². The SMILES string of the molecule is CN[C@@H](CCCCNC(=O)CSCC(C)O)C(C)=O. The molecule has 19 heavy (non-hydrogen) atoms. The number of rotatable bonds is 11. The van der Waals surface area contributed by atoms with Crippen LogP contribution >= 0.6 is 11.8 Å². The highest BCUT2D eigenvalue weighted by Crippen LogP contribution is 2.03. The summed E-state index contributed by atoms with van der Waals surface area (Å²) in [5.74, 6) is 1.12. The average molecular weight is 290 g/mol. The number of carbonyl (C=O) groups excluding carboxylic acids is 2. The van der Waals surface area contributed by atoms with Gasteiger partial charge in [-0.15, -0.1) is 11.8 Å². The van der Waals surface area contributed by atoms with Gasteiger partial charge in [-0.05, 0) is 40.2 Å². The number of nitrogens with one attached hydrogen (secondary N) is 2. The van der Waals surface area contributed by atoms with Gasteiger partial charge < -0.3 is 15.7 Å².